The van der Waals surface area contributed by atoms with E-state index < -0.39 is 0 Å². The number of para-hydroxylation sites is 1. The van der Waals surface area contributed by atoms with Crippen LogP contribution in [0.3, 0.4) is 0 Å². The summed E-state index contributed by atoms with van der Waals surface area (Å²) in [5, 5.41) is 3.23. The van der Waals surface area contributed by atoms with Gasteiger partial charge in [0.25, 0.3) is 5.91 Å². The minimum absolute atomic E-state index is 0.0106. The Morgan fingerprint density at radius 1 is 1.15 bits per heavy atom. The minimum atomic E-state index is -0.0106. The number of anilines is 3. The number of fused-ring (bicyclic) bond motifs is 1. The summed E-state index contributed by atoms with van der Waals surface area (Å²) in [5.74, 6) is 1.37. The largest absolute Gasteiger partial charge is 0.497 e. The summed E-state index contributed by atoms with van der Waals surface area (Å²) in [4.78, 5) is 19.4. The van der Waals surface area contributed by atoms with E-state index in [9.17, 15) is 4.79 Å². The van der Waals surface area contributed by atoms with E-state index in [1.165, 1.54) is 5.56 Å². The molecule has 0 saturated carbocycles. The first-order valence-corrected chi connectivity index (χ1v) is 8.94. The number of rotatable bonds is 4. The smallest absolute Gasteiger partial charge is 0.258 e. The Morgan fingerprint density at radius 3 is 2.85 bits per heavy atom. The van der Waals surface area contributed by atoms with E-state index in [2.05, 4.69) is 23.3 Å². The first-order valence-electron chi connectivity index (χ1n) is 8.94. The highest BCUT2D eigenvalue weighted by Gasteiger charge is 2.31. The molecule has 1 aliphatic rings. The van der Waals surface area contributed by atoms with Crippen molar-refractivity contribution < 1.29 is 9.53 Å². The lowest BCUT2D eigenvalue weighted by Crippen LogP contribution is -2.35. The van der Waals surface area contributed by atoms with Crippen molar-refractivity contribution in [3.8, 4) is 5.75 Å². The fourth-order valence-electron chi connectivity index (χ4n) is 3.49. The van der Waals surface area contributed by atoms with E-state index in [1.54, 1.807) is 25.4 Å². The third kappa shape index (κ3) is 3.36. The zero-order valence-corrected chi connectivity index (χ0v) is 15.3. The second kappa shape index (κ2) is 7.11. The van der Waals surface area contributed by atoms with E-state index in [-0.39, 0.29) is 11.9 Å². The van der Waals surface area contributed by atoms with Crippen LogP contribution in [0.1, 0.15) is 22.8 Å². The lowest BCUT2D eigenvalue weighted by atomic mass is 10.1. The van der Waals surface area contributed by atoms with Crippen molar-refractivity contribution in [3.05, 3.63) is 78.0 Å². The number of carbonyl (C=O) groups is 1. The van der Waals surface area contributed by atoms with Crippen LogP contribution in [0, 0.1) is 0 Å². The van der Waals surface area contributed by atoms with Crippen LogP contribution in [0.4, 0.5) is 17.2 Å². The van der Waals surface area contributed by atoms with Gasteiger partial charge in [0.05, 0.1) is 7.11 Å². The average Bonchev–Trinajstić information content (AvgIpc) is 3.03. The SMILES string of the molecule is COc1cccc(Nc2cc(C(=O)N3c4ccccc4CC3C)ccn2)c1. The summed E-state index contributed by atoms with van der Waals surface area (Å²) < 4.78 is 5.25. The molecule has 1 aromatic heterocycles. The van der Waals surface area contributed by atoms with E-state index >= 15 is 0 Å². The summed E-state index contributed by atoms with van der Waals surface area (Å²) in [6, 6.07) is 19.4. The molecule has 1 atom stereocenters. The van der Waals surface area contributed by atoms with Gasteiger partial charge in [0.1, 0.15) is 11.6 Å². The van der Waals surface area contributed by atoms with Crippen LogP contribution in [-0.2, 0) is 6.42 Å². The Kier molecular flexibility index (Phi) is 4.50. The molecule has 0 fully saturated rings. The number of hydrogen-bond donors (Lipinski definition) is 1. The van der Waals surface area contributed by atoms with Crippen LogP contribution in [0.15, 0.2) is 66.9 Å². The second-order valence-electron chi connectivity index (χ2n) is 6.64. The molecule has 0 bridgehead atoms. The van der Waals surface area contributed by atoms with Crippen molar-refractivity contribution in [1.82, 2.24) is 4.98 Å². The van der Waals surface area contributed by atoms with Gasteiger partial charge in [0, 0.05) is 35.2 Å². The quantitative estimate of drug-likeness (QED) is 0.749. The maximum absolute atomic E-state index is 13.2. The van der Waals surface area contributed by atoms with Crippen LogP contribution in [0.25, 0.3) is 0 Å². The number of nitrogens with zero attached hydrogens (tertiary/aromatic N) is 2. The molecule has 0 spiro atoms. The standard InChI is InChI=1S/C22H21N3O2/c1-15-12-16-6-3-4-9-20(16)25(15)22(26)17-10-11-23-21(13-17)24-18-7-5-8-19(14-18)27-2/h3-11,13-15H,12H2,1-2H3,(H,23,24). The van der Waals surface area contributed by atoms with Gasteiger partial charge in [0.15, 0.2) is 0 Å². The summed E-state index contributed by atoms with van der Waals surface area (Å²) >= 11 is 0. The van der Waals surface area contributed by atoms with Gasteiger partial charge in [0.2, 0.25) is 0 Å². The molecule has 2 heterocycles. The molecule has 0 aliphatic carbocycles. The summed E-state index contributed by atoms with van der Waals surface area (Å²) in [5.41, 5.74) is 3.67. The molecule has 0 saturated heterocycles. The molecule has 0 radical (unpaired) electrons. The topological polar surface area (TPSA) is 54.5 Å². The van der Waals surface area contributed by atoms with Gasteiger partial charge >= 0.3 is 0 Å². The highest BCUT2D eigenvalue weighted by atomic mass is 16.5. The number of benzene rings is 2. The van der Waals surface area contributed by atoms with E-state index in [1.807, 2.05) is 47.4 Å². The normalized spacial score (nSPS) is 15.3. The van der Waals surface area contributed by atoms with Gasteiger partial charge in [-0.05, 0) is 49.2 Å². The highest BCUT2D eigenvalue weighted by molar-refractivity contribution is 6.08. The number of aromatic nitrogens is 1. The molecule has 1 aliphatic heterocycles. The molecule has 5 heteroatoms. The first-order chi connectivity index (χ1) is 13.2. The van der Waals surface area contributed by atoms with Crippen molar-refractivity contribution in [2.45, 2.75) is 19.4 Å². The van der Waals surface area contributed by atoms with Gasteiger partial charge in [-0.3, -0.25) is 4.79 Å². The summed E-state index contributed by atoms with van der Waals surface area (Å²) in [7, 11) is 1.63. The van der Waals surface area contributed by atoms with Crippen LogP contribution in [0.5, 0.6) is 5.75 Å². The van der Waals surface area contributed by atoms with Gasteiger partial charge in [-0.1, -0.05) is 24.3 Å². The molecule has 3 aromatic rings. The number of nitrogens with one attached hydrogen (secondary N) is 1. The highest BCUT2D eigenvalue weighted by Crippen LogP contribution is 2.33. The number of ether oxygens (including phenoxy) is 1. The van der Waals surface area contributed by atoms with Crippen molar-refractivity contribution in [2.75, 3.05) is 17.3 Å². The van der Waals surface area contributed by atoms with Crippen molar-refractivity contribution in [1.29, 1.82) is 0 Å². The predicted molar refractivity (Wildman–Crippen MR) is 107 cm³/mol. The second-order valence-corrected chi connectivity index (χ2v) is 6.64. The van der Waals surface area contributed by atoms with Crippen LogP contribution >= 0.6 is 0 Å². The Labute approximate surface area is 158 Å². The number of hydrogen-bond acceptors (Lipinski definition) is 4. The molecule has 5 nitrogen and oxygen atoms in total. The molecule has 27 heavy (non-hydrogen) atoms. The molecular formula is C22H21N3O2. The fourth-order valence-corrected chi connectivity index (χ4v) is 3.49. The third-order valence-electron chi connectivity index (χ3n) is 4.78. The van der Waals surface area contributed by atoms with Crippen molar-refractivity contribution in [3.63, 3.8) is 0 Å². The van der Waals surface area contributed by atoms with Crippen molar-refractivity contribution in [2.24, 2.45) is 0 Å². The molecular weight excluding hydrogens is 338 g/mol. The summed E-state index contributed by atoms with van der Waals surface area (Å²) in [6.45, 7) is 2.08. The van der Waals surface area contributed by atoms with Gasteiger partial charge in [-0.25, -0.2) is 4.98 Å². The Balaban J connectivity index is 1.60. The molecule has 4 rings (SSSR count). The third-order valence-corrected chi connectivity index (χ3v) is 4.78. The van der Waals surface area contributed by atoms with Crippen LogP contribution < -0.4 is 15.0 Å². The van der Waals surface area contributed by atoms with Gasteiger partial charge in [-0.2, -0.15) is 0 Å². The van der Waals surface area contributed by atoms with E-state index in [0.717, 1.165) is 23.5 Å². The maximum Gasteiger partial charge on any atom is 0.258 e. The molecule has 1 N–H and O–H groups in total. The van der Waals surface area contributed by atoms with E-state index in [0.29, 0.717) is 11.4 Å². The Bertz CT molecular complexity index is 987. The molecule has 1 unspecified atom stereocenters. The Hall–Kier alpha value is -3.34. The number of amides is 1. The maximum atomic E-state index is 13.2. The average molecular weight is 359 g/mol. The van der Waals surface area contributed by atoms with Gasteiger partial charge in [-0.15, -0.1) is 0 Å². The zero-order valence-electron chi connectivity index (χ0n) is 15.3. The molecule has 2 aromatic carbocycles. The van der Waals surface area contributed by atoms with E-state index in [4.69, 9.17) is 4.74 Å². The monoisotopic (exact) mass is 359 g/mol. The zero-order chi connectivity index (χ0) is 18.8. The predicted octanol–water partition coefficient (Wildman–Crippen LogP) is 4.43. The van der Waals surface area contributed by atoms with Crippen molar-refractivity contribution >= 4 is 23.1 Å². The molecule has 1 amide bonds. The van der Waals surface area contributed by atoms with Crippen LogP contribution in [-0.4, -0.2) is 24.0 Å². The number of carbonyl (C=O) groups excluding carboxylic acids is 1. The lowest BCUT2D eigenvalue weighted by molar-refractivity contribution is 0.0981. The first kappa shape index (κ1) is 17.1. The van der Waals surface area contributed by atoms with Gasteiger partial charge < -0.3 is 15.0 Å². The fraction of sp³-hybridized carbons (Fsp3) is 0.182. The molecule has 136 valence electrons. The Morgan fingerprint density at radius 2 is 2.00 bits per heavy atom. The number of pyridine rings is 1. The lowest BCUT2D eigenvalue weighted by Gasteiger charge is -2.23. The van der Waals surface area contributed by atoms with Crippen LogP contribution in [0.2, 0.25) is 0 Å². The number of methoxy groups -OCH3 is 1. The summed E-state index contributed by atoms with van der Waals surface area (Å²) in [6.07, 6.45) is 2.53. The minimum Gasteiger partial charge on any atom is -0.497 e.